The number of pyridine rings is 1. The first-order chi connectivity index (χ1) is 15.7. The van der Waals surface area contributed by atoms with Crippen molar-refractivity contribution in [3.8, 4) is 17.0 Å². The first-order valence-electron chi connectivity index (χ1n) is 10.6. The van der Waals surface area contributed by atoms with Crippen molar-refractivity contribution in [1.29, 1.82) is 0 Å². The molecule has 2 N–H and O–H groups in total. The molecule has 9 heteroatoms. The van der Waals surface area contributed by atoms with Crippen molar-refractivity contribution in [1.82, 2.24) is 34.7 Å². The van der Waals surface area contributed by atoms with Gasteiger partial charge in [0.15, 0.2) is 5.75 Å². The van der Waals surface area contributed by atoms with E-state index in [-0.39, 0.29) is 0 Å². The summed E-state index contributed by atoms with van der Waals surface area (Å²) >= 11 is 0. The van der Waals surface area contributed by atoms with Crippen molar-refractivity contribution in [2.75, 3.05) is 45.7 Å². The number of hydrogen-bond acceptors (Lipinski definition) is 8. The van der Waals surface area contributed by atoms with E-state index in [0.717, 1.165) is 60.8 Å². The fourth-order valence-electron chi connectivity index (χ4n) is 3.93. The number of aromatic nitrogens is 5. The molecular weight excluding hydrogens is 404 g/mol. The highest BCUT2D eigenvalue weighted by molar-refractivity contribution is 5.84. The Kier molecular flexibility index (Phi) is 5.66. The number of H-pyrrole nitrogens is 1. The third-order valence-electron chi connectivity index (χ3n) is 5.73. The van der Waals surface area contributed by atoms with E-state index in [2.05, 4.69) is 59.2 Å². The van der Waals surface area contributed by atoms with Gasteiger partial charge in [0.25, 0.3) is 0 Å². The van der Waals surface area contributed by atoms with Crippen molar-refractivity contribution in [2.24, 2.45) is 0 Å². The largest absolute Gasteiger partial charge is 0.493 e. The molecule has 0 saturated carbocycles. The van der Waals surface area contributed by atoms with E-state index >= 15 is 0 Å². The van der Waals surface area contributed by atoms with E-state index in [1.165, 1.54) is 11.9 Å². The summed E-state index contributed by atoms with van der Waals surface area (Å²) in [6.07, 6.45) is 5.02. The van der Waals surface area contributed by atoms with Crippen molar-refractivity contribution in [3.05, 3.63) is 54.6 Å². The maximum Gasteiger partial charge on any atom is 0.206 e. The molecule has 4 heterocycles. The molecule has 3 aromatic heterocycles. The fourth-order valence-corrected chi connectivity index (χ4v) is 3.93. The fraction of sp³-hybridized carbons (Fsp3) is 0.304. The predicted molar refractivity (Wildman–Crippen MR) is 124 cm³/mol. The number of fused-ring (bicyclic) bond motifs is 1. The van der Waals surface area contributed by atoms with Crippen LogP contribution in [-0.2, 0) is 6.54 Å². The van der Waals surface area contributed by atoms with Gasteiger partial charge in [0.05, 0.1) is 24.3 Å². The third kappa shape index (κ3) is 4.39. The van der Waals surface area contributed by atoms with E-state index in [4.69, 9.17) is 4.74 Å². The second-order valence-corrected chi connectivity index (χ2v) is 8.01. The van der Waals surface area contributed by atoms with Crippen LogP contribution in [0.2, 0.25) is 0 Å². The minimum atomic E-state index is 0.631. The summed E-state index contributed by atoms with van der Waals surface area (Å²) in [4.78, 5) is 25.7. The van der Waals surface area contributed by atoms with E-state index < -0.39 is 0 Å². The first-order valence-corrected chi connectivity index (χ1v) is 10.6. The molecule has 0 aliphatic carbocycles. The van der Waals surface area contributed by atoms with E-state index in [1.54, 1.807) is 13.3 Å². The number of ether oxygens (including phenoxy) is 1. The molecule has 0 amide bonds. The molecule has 0 atom stereocenters. The van der Waals surface area contributed by atoms with Crippen LogP contribution in [0.4, 0.5) is 11.8 Å². The number of imidazole rings is 1. The molecule has 164 valence electrons. The Morgan fingerprint density at radius 1 is 1.09 bits per heavy atom. The monoisotopic (exact) mass is 430 g/mol. The van der Waals surface area contributed by atoms with Crippen LogP contribution in [0.1, 0.15) is 5.56 Å². The highest BCUT2D eigenvalue weighted by Crippen LogP contribution is 2.29. The van der Waals surface area contributed by atoms with Gasteiger partial charge in [0.2, 0.25) is 5.95 Å². The van der Waals surface area contributed by atoms with Crippen LogP contribution in [0, 0.1) is 0 Å². The number of anilines is 2. The quantitative estimate of drug-likeness (QED) is 0.482. The van der Waals surface area contributed by atoms with Crippen LogP contribution < -0.4 is 10.1 Å². The standard InChI is InChI=1S/C23H26N8O/c1-30-7-9-31(10-8-30)14-16-5-6-25-21(11-16)29-23-27-18-4-3-17(12-19(18)28-23)22-20(32-2)13-24-15-26-22/h3-6,11-13,15H,7-10,14H2,1-2H3,(H2,25,27,28,29). The summed E-state index contributed by atoms with van der Waals surface area (Å²) in [5.41, 5.74) is 4.67. The maximum absolute atomic E-state index is 5.39. The van der Waals surface area contributed by atoms with E-state index in [0.29, 0.717) is 11.7 Å². The van der Waals surface area contributed by atoms with E-state index in [9.17, 15) is 0 Å². The molecule has 32 heavy (non-hydrogen) atoms. The summed E-state index contributed by atoms with van der Waals surface area (Å²) in [5.74, 6) is 2.05. The average Bonchev–Trinajstić information content (AvgIpc) is 3.22. The molecule has 1 saturated heterocycles. The molecule has 1 aliphatic heterocycles. The molecule has 1 aliphatic rings. The van der Waals surface area contributed by atoms with Crippen LogP contribution in [0.3, 0.4) is 0 Å². The number of methoxy groups -OCH3 is 1. The Balaban J connectivity index is 1.33. The van der Waals surface area contributed by atoms with Crippen LogP contribution >= 0.6 is 0 Å². The van der Waals surface area contributed by atoms with Crippen LogP contribution in [0.5, 0.6) is 5.75 Å². The van der Waals surface area contributed by atoms with Gasteiger partial charge in [-0.3, -0.25) is 4.90 Å². The SMILES string of the molecule is COc1cncnc1-c1ccc2nc(Nc3cc(CN4CCN(C)CC4)ccn3)[nH]c2c1. The molecule has 4 aromatic rings. The van der Waals surface area contributed by atoms with Gasteiger partial charge in [0.1, 0.15) is 17.8 Å². The van der Waals surface area contributed by atoms with Gasteiger partial charge in [-0.2, -0.15) is 0 Å². The highest BCUT2D eigenvalue weighted by Gasteiger charge is 2.14. The number of piperazine rings is 1. The van der Waals surface area contributed by atoms with Gasteiger partial charge in [-0.15, -0.1) is 0 Å². The third-order valence-corrected chi connectivity index (χ3v) is 5.73. The topological polar surface area (TPSA) is 95.1 Å². The Labute approximate surface area is 186 Å². The summed E-state index contributed by atoms with van der Waals surface area (Å²) in [6, 6.07) is 10.1. The molecule has 0 bridgehead atoms. The minimum absolute atomic E-state index is 0.631. The summed E-state index contributed by atoms with van der Waals surface area (Å²) in [6.45, 7) is 5.32. The Morgan fingerprint density at radius 2 is 1.97 bits per heavy atom. The molecule has 9 nitrogen and oxygen atoms in total. The van der Waals surface area contributed by atoms with Gasteiger partial charge in [-0.25, -0.2) is 19.9 Å². The maximum atomic E-state index is 5.39. The smallest absolute Gasteiger partial charge is 0.206 e. The zero-order valence-corrected chi connectivity index (χ0v) is 18.2. The predicted octanol–water partition coefficient (Wildman–Crippen LogP) is 2.91. The number of hydrogen-bond donors (Lipinski definition) is 2. The molecule has 0 spiro atoms. The first kappa shape index (κ1) is 20.3. The Morgan fingerprint density at radius 3 is 2.81 bits per heavy atom. The van der Waals surface area contributed by atoms with Gasteiger partial charge in [-0.1, -0.05) is 6.07 Å². The number of nitrogens with zero attached hydrogens (tertiary/aromatic N) is 6. The number of likely N-dealkylation sites (N-methyl/N-ethyl adjacent to an activating group) is 1. The number of nitrogens with one attached hydrogen (secondary N) is 2. The highest BCUT2D eigenvalue weighted by atomic mass is 16.5. The molecule has 1 fully saturated rings. The molecule has 0 unspecified atom stereocenters. The van der Waals surface area contributed by atoms with Crippen molar-refractivity contribution < 1.29 is 4.74 Å². The minimum Gasteiger partial charge on any atom is -0.493 e. The van der Waals surface area contributed by atoms with Crippen LogP contribution in [0.25, 0.3) is 22.3 Å². The number of benzene rings is 1. The van der Waals surface area contributed by atoms with E-state index in [1.807, 2.05) is 24.4 Å². The number of rotatable bonds is 6. The zero-order valence-electron chi connectivity index (χ0n) is 18.2. The summed E-state index contributed by atoms with van der Waals surface area (Å²) in [7, 11) is 3.79. The van der Waals surface area contributed by atoms with Crippen molar-refractivity contribution in [2.45, 2.75) is 6.54 Å². The second kappa shape index (κ2) is 8.89. The van der Waals surface area contributed by atoms with Gasteiger partial charge < -0.3 is 19.9 Å². The van der Waals surface area contributed by atoms with Crippen molar-refractivity contribution in [3.63, 3.8) is 0 Å². The zero-order chi connectivity index (χ0) is 21.9. The lowest BCUT2D eigenvalue weighted by atomic mass is 10.1. The summed E-state index contributed by atoms with van der Waals surface area (Å²) in [5, 5.41) is 3.30. The lowest BCUT2D eigenvalue weighted by molar-refractivity contribution is 0.148. The van der Waals surface area contributed by atoms with Crippen LogP contribution in [0.15, 0.2) is 49.1 Å². The normalized spacial score (nSPS) is 15.2. The lowest BCUT2D eigenvalue weighted by Crippen LogP contribution is -2.43. The Hall–Kier alpha value is -3.56. The number of aromatic amines is 1. The average molecular weight is 431 g/mol. The molecule has 5 rings (SSSR count). The van der Waals surface area contributed by atoms with Crippen molar-refractivity contribution >= 4 is 22.8 Å². The van der Waals surface area contributed by atoms with Crippen LogP contribution in [-0.4, -0.2) is 75.1 Å². The van der Waals surface area contributed by atoms with Gasteiger partial charge in [-0.05, 0) is 36.9 Å². The lowest BCUT2D eigenvalue weighted by Gasteiger charge is -2.32. The van der Waals surface area contributed by atoms with Gasteiger partial charge >= 0.3 is 0 Å². The molecular formula is C23H26N8O. The summed E-state index contributed by atoms with van der Waals surface area (Å²) < 4.78 is 5.39. The van der Waals surface area contributed by atoms with Gasteiger partial charge in [0, 0.05) is 44.5 Å². The molecule has 0 radical (unpaired) electrons. The second-order valence-electron chi connectivity index (χ2n) is 8.01. The Bertz CT molecular complexity index is 1220. The molecule has 1 aromatic carbocycles.